The van der Waals surface area contributed by atoms with Crippen LogP contribution in [0.4, 0.5) is 0 Å². The van der Waals surface area contributed by atoms with Gasteiger partial charge in [-0.15, -0.1) is 0 Å². The van der Waals surface area contributed by atoms with Gasteiger partial charge in [-0.3, -0.25) is 5.10 Å². The van der Waals surface area contributed by atoms with Gasteiger partial charge in [-0.1, -0.05) is 0 Å². The predicted octanol–water partition coefficient (Wildman–Crippen LogP) is 0.814. The van der Waals surface area contributed by atoms with Gasteiger partial charge in [0.2, 0.25) is 0 Å². The van der Waals surface area contributed by atoms with E-state index in [9.17, 15) is 5.11 Å². The molecule has 1 spiro atoms. The number of aromatic nitrogens is 3. The van der Waals surface area contributed by atoms with Crippen molar-refractivity contribution < 1.29 is 14.6 Å². The van der Waals surface area contributed by atoms with Crippen molar-refractivity contribution in [1.82, 2.24) is 15.2 Å². The third-order valence-corrected chi connectivity index (χ3v) is 4.10. The van der Waals surface area contributed by atoms with Crippen LogP contribution in [-0.4, -0.2) is 45.7 Å². The van der Waals surface area contributed by atoms with E-state index in [0.717, 1.165) is 38.9 Å². The third-order valence-electron chi connectivity index (χ3n) is 4.10. The average Bonchev–Trinajstić information content (AvgIpc) is 2.93. The fraction of sp³-hybridized carbons (Fsp3) is 0.833. The smallest absolute Gasteiger partial charge is 0.153 e. The Kier molecular flexibility index (Phi) is 3.32. The van der Waals surface area contributed by atoms with Gasteiger partial charge in [-0.25, -0.2) is 4.98 Å². The predicted molar refractivity (Wildman–Crippen MR) is 62.8 cm³/mol. The van der Waals surface area contributed by atoms with Crippen molar-refractivity contribution in [3.05, 3.63) is 12.2 Å². The summed E-state index contributed by atoms with van der Waals surface area (Å²) < 4.78 is 11.4. The standard InChI is InChI=1S/C12H19N3O3/c16-10(11-13-8-14-15-11)9-1-4-18-12(7-9)2-5-17-6-3-12/h8-10,16H,1-7H2,(H,13,14,15). The van der Waals surface area contributed by atoms with Crippen LogP contribution in [0.5, 0.6) is 0 Å². The molecule has 0 saturated carbocycles. The monoisotopic (exact) mass is 253 g/mol. The van der Waals surface area contributed by atoms with Gasteiger partial charge in [0.15, 0.2) is 5.82 Å². The van der Waals surface area contributed by atoms with Gasteiger partial charge < -0.3 is 14.6 Å². The van der Waals surface area contributed by atoms with Crippen molar-refractivity contribution in [3.8, 4) is 0 Å². The zero-order valence-electron chi connectivity index (χ0n) is 10.3. The molecule has 1 aromatic heterocycles. The Morgan fingerprint density at radius 3 is 2.94 bits per heavy atom. The molecule has 0 aliphatic carbocycles. The van der Waals surface area contributed by atoms with E-state index in [4.69, 9.17) is 9.47 Å². The second-order valence-corrected chi connectivity index (χ2v) is 5.21. The maximum Gasteiger partial charge on any atom is 0.153 e. The van der Waals surface area contributed by atoms with Crippen LogP contribution in [-0.2, 0) is 9.47 Å². The largest absolute Gasteiger partial charge is 0.385 e. The van der Waals surface area contributed by atoms with Crippen LogP contribution in [0.2, 0.25) is 0 Å². The number of rotatable bonds is 2. The Labute approximate surface area is 106 Å². The second kappa shape index (κ2) is 4.95. The van der Waals surface area contributed by atoms with Gasteiger partial charge in [-0.05, 0) is 31.6 Å². The van der Waals surface area contributed by atoms with Crippen LogP contribution in [0.15, 0.2) is 6.33 Å². The fourth-order valence-corrected chi connectivity index (χ4v) is 3.01. The number of aromatic amines is 1. The van der Waals surface area contributed by atoms with Gasteiger partial charge >= 0.3 is 0 Å². The molecule has 0 bridgehead atoms. The van der Waals surface area contributed by atoms with Crippen molar-refractivity contribution in [2.45, 2.75) is 37.4 Å². The molecule has 0 aromatic carbocycles. The van der Waals surface area contributed by atoms with Crippen molar-refractivity contribution in [3.63, 3.8) is 0 Å². The van der Waals surface area contributed by atoms with E-state index in [1.54, 1.807) is 0 Å². The molecule has 1 aromatic rings. The third kappa shape index (κ3) is 2.28. The number of nitrogens with zero attached hydrogens (tertiary/aromatic N) is 2. The molecule has 2 aliphatic heterocycles. The first kappa shape index (κ1) is 12.1. The summed E-state index contributed by atoms with van der Waals surface area (Å²) in [6.45, 7) is 2.21. The Bertz CT molecular complexity index is 370. The average molecular weight is 253 g/mol. The Morgan fingerprint density at radius 1 is 1.39 bits per heavy atom. The summed E-state index contributed by atoms with van der Waals surface area (Å²) in [5.41, 5.74) is -0.0951. The lowest BCUT2D eigenvalue weighted by atomic mass is 9.78. The Balaban J connectivity index is 1.70. The lowest BCUT2D eigenvalue weighted by Gasteiger charge is -2.44. The maximum absolute atomic E-state index is 10.3. The van der Waals surface area contributed by atoms with Crippen LogP contribution < -0.4 is 0 Å². The molecule has 18 heavy (non-hydrogen) atoms. The highest BCUT2D eigenvalue weighted by molar-refractivity contribution is 4.96. The summed E-state index contributed by atoms with van der Waals surface area (Å²) in [5, 5.41) is 16.9. The van der Waals surface area contributed by atoms with E-state index in [1.165, 1.54) is 6.33 Å². The summed E-state index contributed by atoms with van der Waals surface area (Å²) in [4.78, 5) is 4.04. The number of ether oxygens (including phenoxy) is 2. The number of hydrogen-bond donors (Lipinski definition) is 2. The minimum Gasteiger partial charge on any atom is -0.385 e. The van der Waals surface area contributed by atoms with Crippen molar-refractivity contribution in [2.24, 2.45) is 5.92 Å². The summed E-state index contributed by atoms with van der Waals surface area (Å²) in [6.07, 6.45) is 4.44. The van der Waals surface area contributed by atoms with E-state index in [2.05, 4.69) is 15.2 Å². The number of aliphatic hydroxyl groups is 1. The molecule has 100 valence electrons. The minimum atomic E-state index is -0.573. The molecule has 3 rings (SSSR count). The zero-order chi connectivity index (χ0) is 12.4. The van der Waals surface area contributed by atoms with Gasteiger partial charge in [0.05, 0.1) is 5.60 Å². The Morgan fingerprint density at radius 2 is 2.22 bits per heavy atom. The quantitative estimate of drug-likeness (QED) is 0.815. The van der Waals surface area contributed by atoms with Crippen LogP contribution in [0.25, 0.3) is 0 Å². The van der Waals surface area contributed by atoms with Gasteiger partial charge in [0, 0.05) is 19.8 Å². The molecule has 0 amide bonds. The summed E-state index contributed by atoms with van der Waals surface area (Å²) in [7, 11) is 0. The van der Waals surface area contributed by atoms with E-state index >= 15 is 0 Å². The highest BCUT2D eigenvalue weighted by Gasteiger charge is 2.41. The second-order valence-electron chi connectivity index (χ2n) is 5.21. The first-order chi connectivity index (χ1) is 8.79. The number of H-pyrrole nitrogens is 1. The molecule has 2 unspecified atom stereocenters. The fourth-order valence-electron chi connectivity index (χ4n) is 3.01. The highest BCUT2D eigenvalue weighted by atomic mass is 16.5. The van der Waals surface area contributed by atoms with E-state index < -0.39 is 6.10 Å². The molecule has 2 atom stereocenters. The number of hydrogen-bond acceptors (Lipinski definition) is 5. The van der Waals surface area contributed by atoms with Gasteiger partial charge in [0.1, 0.15) is 12.4 Å². The molecule has 2 aliphatic rings. The topological polar surface area (TPSA) is 80.3 Å². The normalized spacial score (nSPS) is 29.3. The highest BCUT2D eigenvalue weighted by Crippen LogP contribution is 2.41. The van der Waals surface area contributed by atoms with Crippen LogP contribution in [0.3, 0.4) is 0 Å². The van der Waals surface area contributed by atoms with Gasteiger partial charge in [0.25, 0.3) is 0 Å². The van der Waals surface area contributed by atoms with Crippen LogP contribution in [0, 0.1) is 5.92 Å². The molecule has 2 saturated heterocycles. The first-order valence-corrected chi connectivity index (χ1v) is 6.54. The summed E-state index contributed by atoms with van der Waals surface area (Å²) in [5.74, 6) is 0.744. The minimum absolute atomic E-state index is 0.0951. The van der Waals surface area contributed by atoms with Crippen LogP contribution in [0.1, 0.15) is 37.6 Å². The van der Waals surface area contributed by atoms with Crippen molar-refractivity contribution >= 4 is 0 Å². The first-order valence-electron chi connectivity index (χ1n) is 6.54. The number of nitrogens with one attached hydrogen (secondary N) is 1. The molecule has 0 radical (unpaired) electrons. The SMILES string of the molecule is OC(c1ncn[nH]1)C1CCOC2(CCOCC2)C1. The zero-order valence-corrected chi connectivity index (χ0v) is 10.3. The van der Waals surface area contributed by atoms with Gasteiger partial charge in [-0.2, -0.15) is 5.10 Å². The molecular weight excluding hydrogens is 234 g/mol. The molecule has 6 heteroatoms. The number of aliphatic hydroxyl groups excluding tert-OH is 1. The van der Waals surface area contributed by atoms with E-state index in [0.29, 0.717) is 12.4 Å². The Hall–Kier alpha value is -0.980. The summed E-state index contributed by atoms with van der Waals surface area (Å²) >= 11 is 0. The molecule has 6 nitrogen and oxygen atoms in total. The van der Waals surface area contributed by atoms with E-state index in [-0.39, 0.29) is 11.5 Å². The molecule has 2 N–H and O–H groups in total. The van der Waals surface area contributed by atoms with Crippen molar-refractivity contribution in [1.29, 1.82) is 0 Å². The lowest BCUT2D eigenvalue weighted by Crippen LogP contribution is -2.45. The molecule has 3 heterocycles. The van der Waals surface area contributed by atoms with Crippen molar-refractivity contribution in [2.75, 3.05) is 19.8 Å². The molecular formula is C12H19N3O3. The lowest BCUT2D eigenvalue weighted by molar-refractivity contribution is -0.159. The molecule has 2 fully saturated rings. The summed E-state index contributed by atoms with van der Waals surface area (Å²) in [6, 6.07) is 0. The maximum atomic E-state index is 10.3. The van der Waals surface area contributed by atoms with Crippen LogP contribution >= 0.6 is 0 Å². The van der Waals surface area contributed by atoms with E-state index in [1.807, 2.05) is 0 Å².